The Hall–Kier alpha value is -2.40. The number of nitrogens with one attached hydrogen (secondary N) is 1. The molecule has 1 heterocycles. The van der Waals surface area contributed by atoms with E-state index in [9.17, 15) is 9.00 Å². The van der Waals surface area contributed by atoms with Gasteiger partial charge in [-0.05, 0) is 41.8 Å². The summed E-state index contributed by atoms with van der Waals surface area (Å²) in [5.41, 5.74) is 1.74. The second-order valence-corrected chi connectivity index (χ2v) is 6.41. The Morgan fingerprint density at radius 1 is 1.09 bits per heavy atom. The molecule has 1 unspecified atom stereocenters. The van der Waals surface area contributed by atoms with Gasteiger partial charge in [-0.3, -0.25) is 9.00 Å². The Labute approximate surface area is 131 Å². The molecule has 0 aliphatic carbocycles. The molecule has 1 aromatic heterocycles. The van der Waals surface area contributed by atoms with E-state index in [1.807, 2.05) is 41.1 Å². The fourth-order valence-electron chi connectivity index (χ4n) is 2.36. The molecule has 0 radical (unpaired) electrons. The van der Waals surface area contributed by atoms with Gasteiger partial charge in [-0.25, -0.2) is 0 Å². The lowest BCUT2D eigenvalue weighted by Gasteiger charge is -2.08. The number of anilines is 1. The number of amides is 1. The fraction of sp³-hybridized carbons (Fsp3) is 0.118. The van der Waals surface area contributed by atoms with Crippen LogP contribution in [0.25, 0.3) is 10.9 Å². The maximum Gasteiger partial charge on any atom is 0.244 e. The van der Waals surface area contributed by atoms with Gasteiger partial charge in [0.25, 0.3) is 0 Å². The molecule has 3 aromatic rings. The van der Waals surface area contributed by atoms with Gasteiger partial charge in [-0.2, -0.15) is 0 Å². The van der Waals surface area contributed by atoms with E-state index in [0.717, 1.165) is 15.8 Å². The van der Waals surface area contributed by atoms with Crippen molar-refractivity contribution in [2.75, 3.05) is 11.6 Å². The largest absolute Gasteiger partial charge is 0.338 e. The molecule has 4 nitrogen and oxygen atoms in total. The van der Waals surface area contributed by atoms with Gasteiger partial charge in [0.1, 0.15) is 6.54 Å². The van der Waals surface area contributed by atoms with E-state index in [1.54, 1.807) is 30.5 Å². The summed E-state index contributed by atoms with van der Waals surface area (Å²) in [6.07, 6.45) is 3.54. The average molecular weight is 312 g/mol. The standard InChI is InChI=1S/C17H16N2O2S/c1-22(21)15-8-6-14(7-9-15)18-17(20)12-19-11-10-13-4-2-3-5-16(13)19/h2-11H,12H2,1H3,(H,18,20). The number of carbonyl (C=O) groups excluding carboxylic acids is 1. The molecule has 0 bridgehead atoms. The second-order valence-electron chi connectivity index (χ2n) is 5.03. The van der Waals surface area contributed by atoms with Crippen molar-refractivity contribution in [2.45, 2.75) is 11.4 Å². The van der Waals surface area contributed by atoms with Gasteiger partial charge < -0.3 is 9.88 Å². The van der Waals surface area contributed by atoms with Gasteiger partial charge in [0.15, 0.2) is 0 Å². The van der Waals surface area contributed by atoms with Crippen LogP contribution >= 0.6 is 0 Å². The van der Waals surface area contributed by atoms with Crippen molar-refractivity contribution in [1.82, 2.24) is 4.57 Å². The quantitative estimate of drug-likeness (QED) is 0.805. The van der Waals surface area contributed by atoms with Crippen molar-refractivity contribution >= 4 is 33.3 Å². The maximum atomic E-state index is 12.2. The normalized spacial score (nSPS) is 12.2. The highest BCUT2D eigenvalue weighted by atomic mass is 32.2. The molecular weight excluding hydrogens is 296 g/mol. The smallest absolute Gasteiger partial charge is 0.244 e. The van der Waals surface area contributed by atoms with Crippen LogP contribution in [0.2, 0.25) is 0 Å². The Balaban J connectivity index is 1.71. The third-order valence-electron chi connectivity index (χ3n) is 3.46. The first-order chi connectivity index (χ1) is 10.6. The minimum absolute atomic E-state index is 0.0910. The molecule has 2 aromatic carbocycles. The molecule has 5 heteroatoms. The summed E-state index contributed by atoms with van der Waals surface area (Å²) in [5, 5.41) is 3.97. The molecule has 0 fully saturated rings. The predicted molar refractivity (Wildman–Crippen MR) is 89.3 cm³/mol. The Morgan fingerprint density at radius 2 is 1.82 bits per heavy atom. The molecule has 22 heavy (non-hydrogen) atoms. The number of fused-ring (bicyclic) bond motifs is 1. The van der Waals surface area contributed by atoms with Crippen LogP contribution in [0.5, 0.6) is 0 Å². The van der Waals surface area contributed by atoms with Gasteiger partial charge in [0, 0.05) is 39.4 Å². The number of hydrogen-bond acceptors (Lipinski definition) is 2. The first-order valence-corrected chi connectivity index (χ1v) is 8.46. The number of carbonyl (C=O) groups is 1. The zero-order valence-electron chi connectivity index (χ0n) is 12.2. The average Bonchev–Trinajstić information content (AvgIpc) is 2.91. The highest BCUT2D eigenvalue weighted by Gasteiger charge is 2.07. The molecular formula is C17H16N2O2S. The third-order valence-corrected chi connectivity index (χ3v) is 4.40. The maximum absolute atomic E-state index is 12.2. The van der Waals surface area contributed by atoms with Crippen LogP contribution in [0.15, 0.2) is 65.7 Å². The summed E-state index contributed by atoms with van der Waals surface area (Å²) in [7, 11) is -1.01. The van der Waals surface area contributed by atoms with Crippen LogP contribution < -0.4 is 5.32 Å². The summed E-state index contributed by atoms with van der Waals surface area (Å²) in [6.45, 7) is 0.259. The molecule has 0 saturated carbocycles. The van der Waals surface area contributed by atoms with Crippen molar-refractivity contribution < 1.29 is 9.00 Å². The van der Waals surface area contributed by atoms with Crippen LogP contribution in [0, 0.1) is 0 Å². The minimum atomic E-state index is -1.01. The second kappa shape index (κ2) is 6.15. The fourth-order valence-corrected chi connectivity index (χ4v) is 2.88. The summed E-state index contributed by atoms with van der Waals surface area (Å²) < 4.78 is 13.3. The predicted octanol–water partition coefficient (Wildman–Crippen LogP) is 3.02. The molecule has 112 valence electrons. The summed E-state index contributed by atoms with van der Waals surface area (Å²) in [4.78, 5) is 12.9. The van der Waals surface area contributed by atoms with E-state index in [-0.39, 0.29) is 12.5 Å². The van der Waals surface area contributed by atoms with Crippen molar-refractivity contribution in [2.24, 2.45) is 0 Å². The van der Waals surface area contributed by atoms with Gasteiger partial charge >= 0.3 is 0 Å². The van der Waals surface area contributed by atoms with Gasteiger partial charge in [-0.15, -0.1) is 0 Å². The minimum Gasteiger partial charge on any atom is -0.338 e. The summed E-state index contributed by atoms with van der Waals surface area (Å²) in [6, 6.07) is 17.0. The molecule has 0 saturated heterocycles. The van der Waals surface area contributed by atoms with Gasteiger partial charge in [-0.1, -0.05) is 18.2 Å². The Morgan fingerprint density at radius 3 is 2.55 bits per heavy atom. The molecule has 3 rings (SSSR count). The summed E-state index contributed by atoms with van der Waals surface area (Å²) in [5.74, 6) is -0.0910. The lowest BCUT2D eigenvalue weighted by atomic mass is 10.2. The van der Waals surface area contributed by atoms with Crippen molar-refractivity contribution in [3.8, 4) is 0 Å². The lowest BCUT2D eigenvalue weighted by molar-refractivity contribution is -0.116. The van der Waals surface area contributed by atoms with Crippen LogP contribution in [-0.4, -0.2) is 20.9 Å². The van der Waals surface area contributed by atoms with E-state index >= 15 is 0 Å². The number of aromatic nitrogens is 1. The molecule has 0 spiro atoms. The van der Waals surface area contributed by atoms with Crippen molar-refractivity contribution in [3.05, 3.63) is 60.8 Å². The monoisotopic (exact) mass is 312 g/mol. The SMILES string of the molecule is CS(=O)c1ccc(NC(=O)Cn2ccc3ccccc32)cc1. The van der Waals surface area contributed by atoms with Crippen LogP contribution in [-0.2, 0) is 22.1 Å². The highest BCUT2D eigenvalue weighted by molar-refractivity contribution is 7.84. The van der Waals surface area contributed by atoms with Crippen molar-refractivity contribution in [3.63, 3.8) is 0 Å². The third kappa shape index (κ3) is 3.09. The topological polar surface area (TPSA) is 51.1 Å². The van der Waals surface area contributed by atoms with Gasteiger partial charge in [0.05, 0.1) is 0 Å². The van der Waals surface area contributed by atoms with Crippen LogP contribution in [0.4, 0.5) is 5.69 Å². The van der Waals surface area contributed by atoms with Crippen LogP contribution in [0.3, 0.4) is 0 Å². The first-order valence-electron chi connectivity index (χ1n) is 6.91. The van der Waals surface area contributed by atoms with Gasteiger partial charge in [0.2, 0.25) is 5.91 Å². The zero-order valence-corrected chi connectivity index (χ0v) is 13.0. The van der Waals surface area contributed by atoms with E-state index in [0.29, 0.717) is 5.69 Å². The zero-order chi connectivity index (χ0) is 15.5. The molecule has 0 aliphatic heterocycles. The number of rotatable bonds is 4. The van der Waals surface area contributed by atoms with Crippen molar-refractivity contribution in [1.29, 1.82) is 0 Å². The lowest BCUT2D eigenvalue weighted by Crippen LogP contribution is -2.18. The van der Waals surface area contributed by atoms with E-state index in [2.05, 4.69) is 5.32 Å². The Kier molecular flexibility index (Phi) is 4.06. The first kappa shape index (κ1) is 14.5. The molecule has 1 N–H and O–H groups in total. The Bertz CT molecular complexity index is 837. The van der Waals surface area contributed by atoms with E-state index in [1.165, 1.54) is 0 Å². The van der Waals surface area contributed by atoms with Crippen LogP contribution in [0.1, 0.15) is 0 Å². The summed E-state index contributed by atoms with van der Waals surface area (Å²) >= 11 is 0. The molecule has 0 aliphatic rings. The number of hydrogen-bond donors (Lipinski definition) is 1. The number of para-hydroxylation sites is 1. The highest BCUT2D eigenvalue weighted by Crippen LogP contribution is 2.16. The number of benzene rings is 2. The van der Waals surface area contributed by atoms with E-state index < -0.39 is 10.8 Å². The number of nitrogens with zero attached hydrogens (tertiary/aromatic N) is 1. The molecule has 1 amide bonds. The van der Waals surface area contributed by atoms with E-state index in [4.69, 9.17) is 0 Å². The molecule has 1 atom stereocenters.